The quantitative estimate of drug-likeness (QED) is 0.124. The Morgan fingerprint density at radius 2 is 1.62 bits per heavy atom. The van der Waals surface area contributed by atoms with Crippen molar-refractivity contribution in [3.05, 3.63) is 141 Å². The number of para-hydroxylation sites is 1. The van der Waals surface area contributed by atoms with Crippen molar-refractivity contribution in [3.63, 3.8) is 0 Å². The van der Waals surface area contributed by atoms with E-state index in [1.165, 1.54) is 23.5 Å². The molecule has 0 aliphatic heterocycles. The number of hydrogen-bond acceptors (Lipinski definition) is 5. The van der Waals surface area contributed by atoms with Gasteiger partial charge < -0.3 is 9.30 Å². The van der Waals surface area contributed by atoms with Crippen LogP contribution in [0, 0.1) is 13.8 Å². The zero-order chi connectivity index (χ0) is 32.1. The van der Waals surface area contributed by atoms with Gasteiger partial charge in [-0.25, -0.2) is 13.8 Å². The van der Waals surface area contributed by atoms with E-state index in [1.807, 2.05) is 60.9 Å². The fourth-order valence-corrected chi connectivity index (χ4v) is 6.94. The van der Waals surface area contributed by atoms with Gasteiger partial charge in [0.05, 0.1) is 46.7 Å². The molecule has 4 aromatic carbocycles. The zero-order valence-electron chi connectivity index (χ0n) is 24.7. The molecule has 11 heteroatoms. The van der Waals surface area contributed by atoms with E-state index >= 15 is 0 Å². The van der Waals surface area contributed by atoms with E-state index in [-0.39, 0.29) is 22.7 Å². The highest BCUT2D eigenvalue weighted by Gasteiger charge is 2.29. The molecular formula is C34H30Cl2N4O4S. The Labute approximate surface area is 272 Å². The van der Waals surface area contributed by atoms with Crippen LogP contribution in [0.4, 0.5) is 5.69 Å². The van der Waals surface area contributed by atoms with E-state index < -0.39 is 15.9 Å². The molecule has 1 aromatic heterocycles. The molecule has 0 aliphatic rings. The molecule has 45 heavy (non-hydrogen) atoms. The smallest absolute Gasteiger partial charge is 0.273 e. The monoisotopic (exact) mass is 660 g/mol. The lowest BCUT2D eigenvalue weighted by Crippen LogP contribution is -2.33. The maximum atomic E-state index is 14.0. The van der Waals surface area contributed by atoms with Crippen LogP contribution in [0.15, 0.2) is 113 Å². The molecular weight excluding hydrogens is 631 g/mol. The average Bonchev–Trinajstić information content (AvgIpc) is 3.32. The van der Waals surface area contributed by atoms with Crippen LogP contribution in [0.5, 0.6) is 5.75 Å². The topological polar surface area (TPSA) is 93.0 Å². The van der Waals surface area contributed by atoms with Crippen molar-refractivity contribution in [2.24, 2.45) is 5.10 Å². The molecule has 230 valence electrons. The number of aryl methyl sites for hydroxylation is 1. The van der Waals surface area contributed by atoms with Gasteiger partial charge in [-0.2, -0.15) is 5.10 Å². The summed E-state index contributed by atoms with van der Waals surface area (Å²) in [7, 11) is -2.59. The number of benzene rings is 4. The molecule has 5 aromatic rings. The number of sulfonamides is 1. The average molecular weight is 662 g/mol. The van der Waals surface area contributed by atoms with Crippen LogP contribution in [0.1, 0.15) is 32.9 Å². The van der Waals surface area contributed by atoms with E-state index in [9.17, 15) is 13.2 Å². The number of methoxy groups -OCH3 is 1. The molecule has 1 heterocycles. The lowest BCUT2D eigenvalue weighted by Gasteiger charge is -2.26. The molecule has 0 saturated heterocycles. The first-order chi connectivity index (χ1) is 21.6. The second kappa shape index (κ2) is 13.6. The van der Waals surface area contributed by atoms with Gasteiger partial charge in [0, 0.05) is 22.0 Å². The van der Waals surface area contributed by atoms with Crippen LogP contribution in [0.3, 0.4) is 0 Å². The van der Waals surface area contributed by atoms with Crippen molar-refractivity contribution < 1.29 is 17.9 Å². The molecule has 8 nitrogen and oxygen atoms in total. The molecule has 0 unspecified atom stereocenters. The molecule has 1 N–H and O–H groups in total. The molecule has 0 radical (unpaired) electrons. The molecule has 0 saturated carbocycles. The fourth-order valence-electron chi connectivity index (χ4n) is 4.98. The van der Waals surface area contributed by atoms with Gasteiger partial charge in [0.1, 0.15) is 5.75 Å². The third-order valence-electron chi connectivity index (χ3n) is 7.22. The second-order valence-electron chi connectivity index (χ2n) is 10.1. The number of carbonyl (C=O) groups is 1. The minimum Gasteiger partial charge on any atom is -0.497 e. The number of nitrogens with one attached hydrogen (secondary N) is 1. The van der Waals surface area contributed by atoms with Gasteiger partial charge in [0.2, 0.25) is 0 Å². The third kappa shape index (κ3) is 6.91. The highest BCUT2D eigenvalue weighted by atomic mass is 35.5. The second-order valence-corrected chi connectivity index (χ2v) is 12.9. The number of amides is 1. The van der Waals surface area contributed by atoms with Crippen molar-refractivity contribution >= 4 is 51.0 Å². The number of hydrogen-bond donors (Lipinski definition) is 1. The number of carbonyl (C=O) groups excluding carboxylic acids is 1. The summed E-state index contributed by atoms with van der Waals surface area (Å²) in [4.78, 5) is 13.6. The summed E-state index contributed by atoms with van der Waals surface area (Å²) in [5.74, 6) is -0.0439. The SMILES string of the molecule is COc1ccc(S(=O)(=O)N(Cc2ccccc2)c2ccccc2C(=O)N/N=C/c2cc(C)n(-c3ccc(Cl)cc3Cl)c2C)cc1. The zero-order valence-corrected chi connectivity index (χ0v) is 27.1. The Morgan fingerprint density at radius 3 is 2.31 bits per heavy atom. The van der Waals surface area contributed by atoms with E-state index in [1.54, 1.807) is 54.7 Å². The van der Waals surface area contributed by atoms with Crippen LogP contribution < -0.4 is 14.5 Å². The number of anilines is 1. The normalized spacial score (nSPS) is 11.5. The van der Waals surface area contributed by atoms with Crippen molar-refractivity contribution in [1.82, 2.24) is 9.99 Å². The van der Waals surface area contributed by atoms with Gasteiger partial charge in [-0.3, -0.25) is 9.10 Å². The Bertz CT molecular complexity index is 1980. The number of rotatable bonds is 10. The Kier molecular flexibility index (Phi) is 9.63. The number of nitrogens with zero attached hydrogens (tertiary/aromatic N) is 3. The van der Waals surface area contributed by atoms with E-state index in [0.717, 1.165) is 28.2 Å². The fraction of sp³-hybridized carbons (Fsp3) is 0.118. The number of ether oxygens (including phenoxy) is 1. The Hall–Kier alpha value is -4.57. The van der Waals surface area contributed by atoms with Gasteiger partial charge in [-0.15, -0.1) is 0 Å². The molecule has 0 bridgehead atoms. The lowest BCUT2D eigenvalue weighted by molar-refractivity contribution is 0.0955. The minimum atomic E-state index is -4.10. The molecule has 5 rings (SSSR count). The van der Waals surface area contributed by atoms with Gasteiger partial charge in [-0.05, 0) is 80.1 Å². The van der Waals surface area contributed by atoms with Gasteiger partial charge >= 0.3 is 0 Å². The molecule has 0 aliphatic carbocycles. The summed E-state index contributed by atoms with van der Waals surface area (Å²) >= 11 is 12.5. The van der Waals surface area contributed by atoms with Crippen molar-refractivity contribution in [3.8, 4) is 11.4 Å². The first kappa shape index (κ1) is 31.8. The largest absolute Gasteiger partial charge is 0.497 e. The van der Waals surface area contributed by atoms with Crippen molar-refractivity contribution in [1.29, 1.82) is 0 Å². The first-order valence-electron chi connectivity index (χ1n) is 13.9. The minimum absolute atomic E-state index is 0.00199. The summed E-state index contributed by atoms with van der Waals surface area (Å²) in [6.45, 7) is 3.86. The van der Waals surface area contributed by atoms with Crippen LogP contribution in [-0.4, -0.2) is 32.2 Å². The summed E-state index contributed by atoms with van der Waals surface area (Å²) in [5.41, 5.74) is 6.97. The van der Waals surface area contributed by atoms with Crippen LogP contribution in [0.2, 0.25) is 10.0 Å². The van der Waals surface area contributed by atoms with E-state index in [0.29, 0.717) is 15.8 Å². The maximum absolute atomic E-state index is 14.0. The van der Waals surface area contributed by atoms with Crippen molar-refractivity contribution in [2.45, 2.75) is 25.3 Å². The predicted molar refractivity (Wildman–Crippen MR) is 180 cm³/mol. The van der Waals surface area contributed by atoms with E-state index in [4.69, 9.17) is 27.9 Å². The highest BCUT2D eigenvalue weighted by molar-refractivity contribution is 7.92. The van der Waals surface area contributed by atoms with Gasteiger partial charge in [0.25, 0.3) is 15.9 Å². The number of halogens is 2. The molecule has 0 fully saturated rings. The molecule has 0 atom stereocenters. The predicted octanol–water partition coefficient (Wildman–Crippen LogP) is 7.57. The maximum Gasteiger partial charge on any atom is 0.273 e. The van der Waals surface area contributed by atoms with Crippen molar-refractivity contribution in [2.75, 3.05) is 11.4 Å². The lowest BCUT2D eigenvalue weighted by atomic mass is 10.1. The van der Waals surface area contributed by atoms with Crippen LogP contribution in [-0.2, 0) is 16.6 Å². The van der Waals surface area contributed by atoms with Crippen LogP contribution >= 0.6 is 23.2 Å². The third-order valence-corrected chi connectivity index (χ3v) is 9.54. The summed E-state index contributed by atoms with van der Waals surface area (Å²) in [6.07, 6.45) is 1.54. The summed E-state index contributed by atoms with van der Waals surface area (Å²) in [5, 5.41) is 5.25. The summed E-state index contributed by atoms with van der Waals surface area (Å²) in [6, 6.07) is 29.0. The van der Waals surface area contributed by atoms with Gasteiger partial charge in [0.15, 0.2) is 0 Å². The van der Waals surface area contributed by atoms with Gasteiger partial charge in [-0.1, -0.05) is 65.7 Å². The number of aromatic nitrogens is 1. The highest BCUT2D eigenvalue weighted by Crippen LogP contribution is 2.31. The van der Waals surface area contributed by atoms with E-state index in [2.05, 4.69) is 10.5 Å². The molecule has 0 spiro atoms. The summed E-state index contributed by atoms with van der Waals surface area (Å²) < 4.78 is 36.5. The standard InChI is InChI=1S/C34H30Cl2N4O4S/c1-23-19-26(24(2)40(23)33-18-13-27(35)20-31(33)36)21-37-38-34(41)30-11-7-8-12-32(30)39(22-25-9-5-4-6-10-25)45(42,43)29-16-14-28(44-3)15-17-29/h4-21H,22H2,1-3H3,(H,38,41)/b37-21+. The Balaban J connectivity index is 1.46. The Morgan fingerprint density at radius 1 is 0.933 bits per heavy atom. The van der Waals surface area contributed by atoms with Crippen LogP contribution in [0.25, 0.3) is 5.69 Å². The molecule has 1 amide bonds. The first-order valence-corrected chi connectivity index (χ1v) is 16.1. The number of hydrazone groups is 1.